The number of phenols is 1. The second-order valence-electron chi connectivity index (χ2n) is 2.91. The van der Waals surface area contributed by atoms with Crippen molar-refractivity contribution in [3.05, 3.63) is 34.4 Å². The number of benzene rings is 1. The molecule has 0 unspecified atom stereocenters. The molecule has 0 bridgehead atoms. The van der Waals surface area contributed by atoms with Gasteiger partial charge in [-0.2, -0.15) is 0 Å². The molecule has 4 nitrogen and oxygen atoms in total. The molecule has 1 aromatic carbocycles. The third kappa shape index (κ3) is 2.15. The molecule has 0 saturated carbocycles. The number of aromatic nitrogens is 2. The van der Waals surface area contributed by atoms with Crippen molar-refractivity contribution in [1.29, 1.82) is 0 Å². The average molecular weight is 206 g/mol. The highest BCUT2D eigenvalue weighted by Crippen LogP contribution is 2.20. The van der Waals surface area contributed by atoms with Crippen LogP contribution >= 0.6 is 0 Å². The summed E-state index contributed by atoms with van der Waals surface area (Å²) in [6.07, 6.45) is 1.28. The highest BCUT2D eigenvalue weighted by molar-refractivity contribution is 5.83. The summed E-state index contributed by atoms with van der Waals surface area (Å²) in [6.45, 7) is 5.81. The van der Waals surface area contributed by atoms with Gasteiger partial charge < -0.3 is 10.1 Å². The molecule has 0 radical (unpaired) electrons. The standard InChI is InChI=1S/C9H8N2O2.C2H6/c1-5-2-6-8(7(12)3-5)10-4-11-9(6)13;1-2/h2-4,12H,1H3,(H,10,11,13);1-2H3. The van der Waals surface area contributed by atoms with Crippen LogP contribution in [0.2, 0.25) is 0 Å². The van der Waals surface area contributed by atoms with E-state index >= 15 is 0 Å². The first-order valence-corrected chi connectivity index (χ1v) is 4.85. The molecule has 0 aliphatic heterocycles. The molecule has 1 aromatic heterocycles. The van der Waals surface area contributed by atoms with E-state index in [1.165, 1.54) is 6.33 Å². The van der Waals surface area contributed by atoms with Gasteiger partial charge in [0.2, 0.25) is 0 Å². The summed E-state index contributed by atoms with van der Waals surface area (Å²) in [7, 11) is 0. The van der Waals surface area contributed by atoms with E-state index in [0.29, 0.717) is 10.9 Å². The zero-order valence-electron chi connectivity index (χ0n) is 9.03. The van der Waals surface area contributed by atoms with E-state index in [4.69, 9.17) is 0 Å². The third-order valence-electron chi connectivity index (χ3n) is 1.87. The Hall–Kier alpha value is -1.84. The Balaban J connectivity index is 0.000000531. The van der Waals surface area contributed by atoms with Gasteiger partial charge in [-0.3, -0.25) is 4.79 Å². The molecule has 15 heavy (non-hydrogen) atoms. The number of aryl methyl sites for hydroxylation is 1. The Morgan fingerprint density at radius 2 is 2.00 bits per heavy atom. The number of hydrogen-bond acceptors (Lipinski definition) is 3. The van der Waals surface area contributed by atoms with Gasteiger partial charge in [0.05, 0.1) is 11.7 Å². The van der Waals surface area contributed by atoms with Crippen molar-refractivity contribution in [3.63, 3.8) is 0 Å². The predicted molar refractivity (Wildman–Crippen MR) is 60.1 cm³/mol. The summed E-state index contributed by atoms with van der Waals surface area (Å²) in [5.41, 5.74) is 0.946. The number of nitrogens with zero attached hydrogens (tertiary/aromatic N) is 1. The predicted octanol–water partition coefficient (Wildman–Crippen LogP) is 1.96. The Morgan fingerprint density at radius 3 is 2.67 bits per heavy atom. The van der Waals surface area contributed by atoms with E-state index in [0.717, 1.165) is 5.56 Å². The van der Waals surface area contributed by atoms with Gasteiger partial charge in [0.25, 0.3) is 5.56 Å². The van der Waals surface area contributed by atoms with E-state index < -0.39 is 0 Å². The van der Waals surface area contributed by atoms with E-state index in [-0.39, 0.29) is 11.3 Å². The van der Waals surface area contributed by atoms with Crippen molar-refractivity contribution in [2.45, 2.75) is 20.8 Å². The maximum absolute atomic E-state index is 11.3. The third-order valence-corrected chi connectivity index (χ3v) is 1.87. The summed E-state index contributed by atoms with van der Waals surface area (Å²) in [4.78, 5) is 17.6. The van der Waals surface area contributed by atoms with Crippen molar-refractivity contribution < 1.29 is 5.11 Å². The van der Waals surface area contributed by atoms with Crippen LogP contribution in [0.3, 0.4) is 0 Å². The van der Waals surface area contributed by atoms with Crippen molar-refractivity contribution in [3.8, 4) is 5.75 Å². The zero-order valence-corrected chi connectivity index (χ0v) is 9.03. The molecular weight excluding hydrogens is 192 g/mol. The second kappa shape index (κ2) is 4.59. The number of aromatic amines is 1. The first kappa shape index (κ1) is 11.2. The molecule has 0 aliphatic carbocycles. The Kier molecular flexibility index (Phi) is 3.44. The van der Waals surface area contributed by atoms with Crippen molar-refractivity contribution in [1.82, 2.24) is 9.97 Å². The monoisotopic (exact) mass is 206 g/mol. The smallest absolute Gasteiger partial charge is 0.258 e. The molecular formula is C11H14N2O2. The molecule has 0 spiro atoms. The average Bonchev–Trinajstić information content (AvgIpc) is 2.23. The summed E-state index contributed by atoms with van der Waals surface area (Å²) >= 11 is 0. The number of phenolic OH excluding ortho intramolecular Hbond substituents is 1. The van der Waals surface area contributed by atoms with Crippen LogP contribution in [-0.2, 0) is 0 Å². The molecule has 0 amide bonds. The highest BCUT2D eigenvalue weighted by atomic mass is 16.3. The van der Waals surface area contributed by atoms with E-state index in [2.05, 4.69) is 9.97 Å². The van der Waals surface area contributed by atoms with E-state index in [9.17, 15) is 9.90 Å². The molecule has 0 atom stereocenters. The lowest BCUT2D eigenvalue weighted by atomic mass is 10.1. The Bertz CT molecular complexity index is 517. The van der Waals surface area contributed by atoms with Crippen LogP contribution in [0, 0.1) is 6.92 Å². The molecule has 0 fully saturated rings. The maximum Gasteiger partial charge on any atom is 0.258 e. The topological polar surface area (TPSA) is 66.0 Å². The van der Waals surface area contributed by atoms with Gasteiger partial charge in [-0.05, 0) is 24.6 Å². The van der Waals surface area contributed by atoms with Crippen molar-refractivity contribution in [2.75, 3.05) is 0 Å². The lowest BCUT2D eigenvalue weighted by Crippen LogP contribution is -2.06. The first-order chi connectivity index (χ1) is 7.18. The molecule has 0 aliphatic rings. The van der Waals surface area contributed by atoms with Crippen LogP contribution in [0.1, 0.15) is 19.4 Å². The Morgan fingerprint density at radius 1 is 1.33 bits per heavy atom. The molecule has 80 valence electrons. The summed E-state index contributed by atoms with van der Waals surface area (Å²) < 4.78 is 0. The first-order valence-electron chi connectivity index (χ1n) is 4.85. The van der Waals surface area contributed by atoms with Crippen LogP contribution in [0.5, 0.6) is 5.75 Å². The van der Waals surface area contributed by atoms with Gasteiger partial charge in [-0.25, -0.2) is 4.98 Å². The Labute approximate surface area is 87.6 Å². The number of fused-ring (bicyclic) bond motifs is 1. The molecule has 2 rings (SSSR count). The molecule has 1 heterocycles. The fourth-order valence-electron chi connectivity index (χ4n) is 1.30. The van der Waals surface area contributed by atoms with Gasteiger partial charge >= 0.3 is 0 Å². The number of nitrogens with one attached hydrogen (secondary N) is 1. The van der Waals surface area contributed by atoms with Gasteiger partial charge in [0.1, 0.15) is 11.3 Å². The quantitative estimate of drug-likeness (QED) is 0.692. The van der Waals surface area contributed by atoms with Crippen LogP contribution in [0.4, 0.5) is 0 Å². The fraction of sp³-hybridized carbons (Fsp3) is 0.273. The zero-order chi connectivity index (χ0) is 11.4. The number of H-pyrrole nitrogens is 1. The molecule has 2 N–H and O–H groups in total. The van der Waals surface area contributed by atoms with Crippen LogP contribution in [-0.4, -0.2) is 15.1 Å². The molecule has 2 aromatic rings. The van der Waals surface area contributed by atoms with Crippen molar-refractivity contribution >= 4 is 10.9 Å². The van der Waals surface area contributed by atoms with Gasteiger partial charge in [0, 0.05) is 0 Å². The summed E-state index contributed by atoms with van der Waals surface area (Å²) in [5.74, 6) is 0.0427. The second-order valence-corrected chi connectivity index (χ2v) is 2.91. The molecule has 4 heteroatoms. The minimum absolute atomic E-state index is 0.0427. The minimum atomic E-state index is -0.232. The highest BCUT2D eigenvalue weighted by Gasteiger charge is 2.04. The largest absolute Gasteiger partial charge is 0.506 e. The fourth-order valence-corrected chi connectivity index (χ4v) is 1.30. The number of hydrogen-bond donors (Lipinski definition) is 2. The SMILES string of the molecule is CC.Cc1cc(O)c2nc[nH]c(=O)c2c1. The number of rotatable bonds is 0. The lowest BCUT2D eigenvalue weighted by molar-refractivity contribution is 0.480. The van der Waals surface area contributed by atoms with E-state index in [1.807, 2.05) is 20.8 Å². The van der Waals surface area contributed by atoms with E-state index in [1.54, 1.807) is 12.1 Å². The normalized spacial score (nSPS) is 9.53. The van der Waals surface area contributed by atoms with Crippen LogP contribution < -0.4 is 5.56 Å². The van der Waals surface area contributed by atoms with Gasteiger partial charge in [-0.15, -0.1) is 0 Å². The number of aromatic hydroxyl groups is 1. The summed E-state index contributed by atoms with van der Waals surface area (Å²) in [5, 5.41) is 9.88. The van der Waals surface area contributed by atoms with Gasteiger partial charge in [0.15, 0.2) is 0 Å². The minimum Gasteiger partial charge on any atom is -0.506 e. The summed E-state index contributed by atoms with van der Waals surface area (Å²) in [6, 6.07) is 3.27. The van der Waals surface area contributed by atoms with Crippen LogP contribution in [0.25, 0.3) is 10.9 Å². The molecule has 0 saturated heterocycles. The van der Waals surface area contributed by atoms with Gasteiger partial charge in [-0.1, -0.05) is 13.8 Å². The van der Waals surface area contributed by atoms with Crippen LogP contribution in [0.15, 0.2) is 23.3 Å². The lowest BCUT2D eigenvalue weighted by Gasteiger charge is -1.99. The maximum atomic E-state index is 11.3. The van der Waals surface area contributed by atoms with Crippen molar-refractivity contribution in [2.24, 2.45) is 0 Å².